The summed E-state index contributed by atoms with van der Waals surface area (Å²) >= 11 is 10.2. The SMILES string of the molecule is O=C1S/C(=C\c2cc(N=Nc3cccc(Cl)c3)ccc2O)C(=O)N1Cc1ccc(Br)cc1. The number of aromatic hydroxyl groups is 1. The number of amides is 2. The molecule has 1 aliphatic heterocycles. The second-order valence-corrected chi connectivity index (χ2v) is 9.16. The number of carbonyl (C=O) groups is 2. The van der Waals surface area contributed by atoms with Crippen molar-refractivity contribution in [3.8, 4) is 5.75 Å². The zero-order valence-corrected chi connectivity index (χ0v) is 19.6. The molecule has 160 valence electrons. The summed E-state index contributed by atoms with van der Waals surface area (Å²) in [6, 6.07) is 19.0. The van der Waals surface area contributed by atoms with Crippen molar-refractivity contribution in [1.29, 1.82) is 0 Å². The van der Waals surface area contributed by atoms with E-state index in [1.54, 1.807) is 36.4 Å². The lowest BCUT2D eigenvalue weighted by molar-refractivity contribution is -0.123. The average molecular weight is 529 g/mol. The topological polar surface area (TPSA) is 82.3 Å². The Balaban J connectivity index is 1.55. The number of imide groups is 1. The molecule has 3 aromatic carbocycles. The van der Waals surface area contributed by atoms with E-state index in [9.17, 15) is 14.7 Å². The highest BCUT2D eigenvalue weighted by atomic mass is 79.9. The number of carbonyl (C=O) groups excluding carboxylic acids is 2. The van der Waals surface area contributed by atoms with Crippen molar-refractivity contribution < 1.29 is 14.7 Å². The molecule has 1 N–H and O–H groups in total. The van der Waals surface area contributed by atoms with E-state index in [-0.39, 0.29) is 22.4 Å². The van der Waals surface area contributed by atoms with Gasteiger partial charge < -0.3 is 5.11 Å². The van der Waals surface area contributed by atoms with E-state index < -0.39 is 5.91 Å². The molecule has 0 radical (unpaired) electrons. The lowest BCUT2D eigenvalue weighted by Crippen LogP contribution is -2.27. The second kappa shape index (κ2) is 9.68. The van der Waals surface area contributed by atoms with Crippen LogP contribution in [0.2, 0.25) is 5.02 Å². The van der Waals surface area contributed by atoms with Gasteiger partial charge in [-0.2, -0.15) is 10.2 Å². The minimum atomic E-state index is -0.409. The van der Waals surface area contributed by atoms with Crippen molar-refractivity contribution in [3.05, 3.63) is 92.3 Å². The van der Waals surface area contributed by atoms with Gasteiger partial charge in [0.2, 0.25) is 0 Å². The Labute approximate surface area is 201 Å². The number of hydrogen-bond donors (Lipinski definition) is 1. The van der Waals surface area contributed by atoms with Crippen LogP contribution < -0.4 is 0 Å². The first-order valence-electron chi connectivity index (χ1n) is 9.39. The van der Waals surface area contributed by atoms with Gasteiger partial charge in [-0.1, -0.05) is 45.7 Å². The number of halogens is 2. The number of nitrogens with zero attached hydrogens (tertiary/aromatic N) is 3. The molecule has 0 bridgehead atoms. The number of rotatable bonds is 5. The van der Waals surface area contributed by atoms with Gasteiger partial charge in [0.15, 0.2) is 0 Å². The fourth-order valence-corrected chi connectivity index (χ4v) is 4.20. The van der Waals surface area contributed by atoms with Crippen LogP contribution in [0.1, 0.15) is 11.1 Å². The highest BCUT2D eigenvalue weighted by Crippen LogP contribution is 2.36. The molecule has 0 spiro atoms. The van der Waals surface area contributed by atoms with Crippen LogP contribution in [0.4, 0.5) is 16.2 Å². The van der Waals surface area contributed by atoms with Crippen molar-refractivity contribution >= 4 is 67.9 Å². The quantitative estimate of drug-likeness (QED) is 0.275. The standard InChI is InChI=1S/C23H15BrClN3O3S/c24-16-6-4-14(5-7-16)13-28-22(30)21(32-23(28)31)11-15-10-19(8-9-20(15)29)27-26-18-3-1-2-17(25)12-18/h1-12,29H,13H2/b21-11-,27-26?. The molecule has 1 saturated heterocycles. The predicted octanol–water partition coefficient (Wildman–Crippen LogP) is 7.46. The highest BCUT2D eigenvalue weighted by Gasteiger charge is 2.35. The van der Waals surface area contributed by atoms with Crippen molar-refractivity contribution in [2.75, 3.05) is 0 Å². The molecule has 2 amide bonds. The minimum Gasteiger partial charge on any atom is -0.507 e. The number of thioether (sulfide) groups is 1. The number of hydrogen-bond acceptors (Lipinski definition) is 6. The van der Waals surface area contributed by atoms with Gasteiger partial charge in [-0.05, 0) is 71.9 Å². The van der Waals surface area contributed by atoms with Crippen molar-refractivity contribution in [2.24, 2.45) is 10.2 Å². The van der Waals surface area contributed by atoms with Gasteiger partial charge >= 0.3 is 0 Å². The van der Waals surface area contributed by atoms with E-state index in [0.29, 0.717) is 22.0 Å². The molecule has 9 heteroatoms. The Hall–Kier alpha value is -2.94. The number of azo groups is 1. The van der Waals surface area contributed by atoms with Gasteiger partial charge in [0.25, 0.3) is 11.1 Å². The predicted molar refractivity (Wildman–Crippen MR) is 129 cm³/mol. The van der Waals surface area contributed by atoms with E-state index in [4.69, 9.17) is 11.6 Å². The van der Waals surface area contributed by atoms with Crippen LogP contribution >= 0.6 is 39.3 Å². The van der Waals surface area contributed by atoms with Crippen molar-refractivity contribution in [2.45, 2.75) is 6.54 Å². The van der Waals surface area contributed by atoms with E-state index in [0.717, 1.165) is 21.8 Å². The minimum absolute atomic E-state index is 0.0357. The highest BCUT2D eigenvalue weighted by molar-refractivity contribution is 9.10. The Morgan fingerprint density at radius 2 is 1.72 bits per heavy atom. The maximum Gasteiger partial charge on any atom is 0.293 e. The number of phenols is 1. The van der Waals surface area contributed by atoms with E-state index in [2.05, 4.69) is 26.2 Å². The molecular formula is C23H15BrClN3O3S. The monoisotopic (exact) mass is 527 g/mol. The summed E-state index contributed by atoms with van der Waals surface area (Å²) in [6.45, 7) is 0.176. The Bertz CT molecular complexity index is 1260. The zero-order valence-electron chi connectivity index (χ0n) is 16.4. The molecule has 0 aliphatic carbocycles. The number of phenolic OH excluding ortho intramolecular Hbond substituents is 1. The molecule has 0 atom stereocenters. The lowest BCUT2D eigenvalue weighted by Gasteiger charge is -2.12. The summed E-state index contributed by atoms with van der Waals surface area (Å²) in [6.07, 6.45) is 1.49. The first-order chi connectivity index (χ1) is 15.4. The summed E-state index contributed by atoms with van der Waals surface area (Å²) in [5.41, 5.74) is 2.26. The normalized spacial score (nSPS) is 15.3. The molecular weight excluding hydrogens is 514 g/mol. The summed E-state index contributed by atoms with van der Waals surface area (Å²) < 4.78 is 0.915. The van der Waals surface area contributed by atoms with Gasteiger partial charge in [-0.15, -0.1) is 0 Å². The van der Waals surface area contributed by atoms with Crippen LogP contribution in [0.15, 0.2) is 86.3 Å². The summed E-state index contributed by atoms with van der Waals surface area (Å²) in [4.78, 5) is 26.6. The maximum absolute atomic E-state index is 12.8. The van der Waals surface area contributed by atoms with Crippen LogP contribution in [0.5, 0.6) is 5.75 Å². The van der Waals surface area contributed by atoms with Crippen molar-refractivity contribution in [1.82, 2.24) is 4.90 Å². The second-order valence-electron chi connectivity index (χ2n) is 6.82. The summed E-state index contributed by atoms with van der Waals surface area (Å²) in [5.74, 6) is -0.445. The first kappa shape index (κ1) is 22.3. The first-order valence-corrected chi connectivity index (χ1v) is 11.4. The zero-order chi connectivity index (χ0) is 22.7. The van der Waals surface area contributed by atoms with Crippen LogP contribution in [0.25, 0.3) is 6.08 Å². The molecule has 32 heavy (non-hydrogen) atoms. The molecule has 3 aromatic rings. The van der Waals surface area contributed by atoms with Gasteiger partial charge in [0, 0.05) is 15.1 Å². The van der Waals surface area contributed by atoms with Crippen LogP contribution in [0.3, 0.4) is 0 Å². The third-order valence-corrected chi connectivity index (χ3v) is 6.19. The fraction of sp³-hybridized carbons (Fsp3) is 0.0435. The molecule has 4 rings (SSSR count). The Morgan fingerprint density at radius 3 is 2.44 bits per heavy atom. The molecule has 1 heterocycles. The molecule has 1 fully saturated rings. The van der Waals surface area contributed by atoms with Gasteiger partial charge in [0.1, 0.15) is 5.75 Å². The fourth-order valence-electron chi connectivity index (χ4n) is 2.92. The van der Waals surface area contributed by atoms with E-state index in [1.165, 1.54) is 17.0 Å². The van der Waals surface area contributed by atoms with Crippen LogP contribution in [-0.2, 0) is 11.3 Å². The molecule has 0 aromatic heterocycles. The van der Waals surface area contributed by atoms with Gasteiger partial charge in [0.05, 0.1) is 22.8 Å². The number of benzene rings is 3. The van der Waals surface area contributed by atoms with E-state index >= 15 is 0 Å². The molecule has 0 unspecified atom stereocenters. The molecule has 1 aliphatic rings. The molecule has 0 saturated carbocycles. The van der Waals surface area contributed by atoms with E-state index in [1.807, 2.05) is 24.3 Å². The average Bonchev–Trinajstić information content (AvgIpc) is 3.03. The lowest BCUT2D eigenvalue weighted by atomic mass is 10.1. The third-order valence-electron chi connectivity index (χ3n) is 4.51. The Kier molecular flexibility index (Phi) is 6.74. The van der Waals surface area contributed by atoms with Crippen LogP contribution in [0, 0.1) is 0 Å². The summed E-state index contributed by atoms with van der Waals surface area (Å²) in [7, 11) is 0. The van der Waals surface area contributed by atoms with Gasteiger partial charge in [-0.25, -0.2) is 0 Å². The third kappa shape index (κ3) is 5.27. The summed E-state index contributed by atoms with van der Waals surface area (Å²) in [5, 5.41) is 18.7. The van der Waals surface area contributed by atoms with Gasteiger partial charge in [-0.3, -0.25) is 14.5 Å². The largest absolute Gasteiger partial charge is 0.507 e. The smallest absolute Gasteiger partial charge is 0.293 e. The molecule has 6 nitrogen and oxygen atoms in total. The Morgan fingerprint density at radius 1 is 1.00 bits per heavy atom. The van der Waals surface area contributed by atoms with Crippen molar-refractivity contribution in [3.63, 3.8) is 0 Å². The van der Waals surface area contributed by atoms with Crippen LogP contribution in [-0.4, -0.2) is 21.2 Å². The maximum atomic E-state index is 12.8.